The fourth-order valence-electron chi connectivity index (χ4n) is 22.0. The first-order valence-corrected chi connectivity index (χ1v) is 50.0. The second-order valence-corrected chi connectivity index (χ2v) is 45.0. The molecule has 2 saturated heterocycles. The van der Waals surface area contributed by atoms with E-state index < -0.39 is 39.5 Å². The van der Waals surface area contributed by atoms with Gasteiger partial charge in [0.1, 0.15) is 34.2 Å². The number of alkyl halides is 1. The average Bonchev–Trinajstić information content (AvgIpc) is 1.51. The van der Waals surface area contributed by atoms with Crippen LogP contribution in [0.25, 0.3) is 44.1 Å². The fraction of sp³-hybridized carbons (Fsp3) is 0.500. The summed E-state index contributed by atoms with van der Waals surface area (Å²) < 4.78 is 33.0. The van der Waals surface area contributed by atoms with Crippen molar-refractivity contribution in [1.29, 1.82) is 0 Å². The molecule has 0 saturated carbocycles. The number of halogens is 1. The van der Waals surface area contributed by atoms with Crippen LogP contribution >= 0.6 is 11.6 Å². The van der Waals surface area contributed by atoms with Crippen molar-refractivity contribution in [2.75, 3.05) is 81.8 Å². The van der Waals surface area contributed by atoms with E-state index in [0.717, 1.165) is 190 Å². The maximum atomic E-state index is 12.8. The number of nitrogens with one attached hydrogen (secondary N) is 1. The van der Waals surface area contributed by atoms with Crippen LogP contribution in [0, 0.1) is 60.2 Å². The van der Waals surface area contributed by atoms with Crippen LogP contribution in [-0.4, -0.2) is 221 Å². The summed E-state index contributed by atoms with van der Waals surface area (Å²) in [5.41, 5.74) is 23.6. The molecule has 8 aromatic carbocycles. The molecule has 4 aliphatic carbocycles. The van der Waals surface area contributed by atoms with Crippen molar-refractivity contribution < 1.29 is 71.9 Å². The van der Waals surface area contributed by atoms with Crippen molar-refractivity contribution >= 4 is 109 Å². The number of benzene rings is 8. The molecule has 31 nitrogen and oxygen atoms in total. The SMILES string of the molecule is C.CN1CC(C)(C)CN(C(=O)OC(C)(C)C)CC1=O.CN1CC(C)(C)CNCC1=O.COC(=O)C(C)(C)C(c1ccc2c(c1)C(=O)CC2)c1ccc2c(nnn2C)c1C.COC(=O)C(C)(C)C(c1ccc2c(c1)C(=O)CC2)c1ccc2c(nnn2C)c1C.COC(=O)C(C)(C)C(c1ccc2c(c1)C(Cl)CC2)c1ccc2c(nnn2C)c1C.COC(=O)C(C)(C)C(c1ccc2c(c1)C(O)CC2)c1ccc2c(nnn2C)c1C. The molecule has 32 heteroatoms. The zero-order valence-electron chi connectivity index (χ0n) is 89.7. The Morgan fingerprint density at radius 1 is 0.411 bits per heavy atom. The van der Waals surface area contributed by atoms with Gasteiger partial charge < -0.3 is 43.9 Å². The van der Waals surface area contributed by atoms with Crippen LogP contribution in [0.4, 0.5) is 4.79 Å². The number of carbonyl (C=O) groups is 9. The molecule has 0 spiro atoms. The summed E-state index contributed by atoms with van der Waals surface area (Å²) in [5, 5.41) is 47.4. The molecule has 6 heterocycles. The molecule has 2 aliphatic heterocycles. The van der Waals surface area contributed by atoms with E-state index in [2.05, 4.69) is 109 Å². The first-order chi connectivity index (χ1) is 68.0. The summed E-state index contributed by atoms with van der Waals surface area (Å²) in [6.07, 6.45) is 5.38. The van der Waals surface area contributed by atoms with Gasteiger partial charge in [-0.3, -0.25) is 43.3 Å². The van der Waals surface area contributed by atoms with Crippen LogP contribution < -0.4 is 5.32 Å². The van der Waals surface area contributed by atoms with Gasteiger partial charge in [-0.15, -0.1) is 32.0 Å². The smallest absolute Gasteiger partial charge is 0.410 e. The van der Waals surface area contributed by atoms with Crippen LogP contribution in [0.3, 0.4) is 0 Å². The quantitative estimate of drug-likeness (QED) is 0.0515. The lowest BCUT2D eigenvalue weighted by atomic mass is 9.69. The van der Waals surface area contributed by atoms with Gasteiger partial charge >= 0.3 is 30.0 Å². The zero-order valence-corrected chi connectivity index (χ0v) is 90.4. The van der Waals surface area contributed by atoms with Crippen LogP contribution in [0.1, 0.15) is 293 Å². The van der Waals surface area contributed by atoms with E-state index in [0.29, 0.717) is 32.5 Å². The van der Waals surface area contributed by atoms with E-state index in [1.54, 1.807) is 35.6 Å². The lowest BCUT2D eigenvalue weighted by molar-refractivity contribution is -0.152. The molecule has 0 radical (unpaired) electrons. The number of aryl methyl sites for hydroxylation is 12. The van der Waals surface area contributed by atoms with Gasteiger partial charge in [0.05, 0.1) is 90.2 Å². The van der Waals surface area contributed by atoms with Crippen LogP contribution in [0.2, 0.25) is 0 Å². The molecule has 6 atom stereocenters. The number of aromatic nitrogens is 12. The first kappa shape index (κ1) is 112. The van der Waals surface area contributed by atoms with Crippen LogP contribution in [0.5, 0.6) is 0 Å². The van der Waals surface area contributed by atoms with Crippen LogP contribution in [0.15, 0.2) is 121 Å². The molecule has 0 bridgehead atoms. The Labute approximate surface area is 862 Å². The Kier molecular flexibility index (Phi) is 33.7. The number of likely N-dealkylation sites (N-methyl/N-ethyl adjacent to an activating group) is 2. The number of ether oxygens (including phenoxy) is 5. The minimum Gasteiger partial charge on any atom is -0.469 e. The number of hydrogen-bond donors (Lipinski definition) is 2. The molecule has 4 aromatic heterocycles. The number of amides is 3. The molecule has 780 valence electrons. The number of methoxy groups -OCH3 is 4. The molecule has 18 rings (SSSR count). The predicted molar refractivity (Wildman–Crippen MR) is 565 cm³/mol. The number of hydrogen-bond acceptors (Lipinski definition) is 24. The zero-order chi connectivity index (χ0) is 106. The van der Waals surface area contributed by atoms with Crippen molar-refractivity contribution in [3.05, 3.63) is 233 Å². The Morgan fingerprint density at radius 2 is 0.726 bits per heavy atom. The third kappa shape index (κ3) is 23.0. The Morgan fingerprint density at radius 3 is 1.08 bits per heavy atom. The van der Waals surface area contributed by atoms with E-state index in [1.807, 2.05) is 226 Å². The predicted octanol–water partition coefficient (Wildman–Crippen LogP) is 18.3. The minimum atomic E-state index is -0.842. The summed E-state index contributed by atoms with van der Waals surface area (Å²) in [4.78, 5) is 116. The lowest BCUT2D eigenvalue weighted by Gasteiger charge is -2.34. The van der Waals surface area contributed by atoms with E-state index in [-0.39, 0.29) is 101 Å². The highest BCUT2D eigenvalue weighted by atomic mass is 35.5. The normalized spacial score (nSPS) is 17.2. The third-order valence-electron chi connectivity index (χ3n) is 29.8. The largest absolute Gasteiger partial charge is 0.469 e. The molecule has 12 aromatic rings. The number of nitrogens with zero attached hydrogens (tertiary/aromatic N) is 15. The number of Topliss-reactive ketones (excluding diaryl/α,β-unsaturated/α-hetero) is 2. The molecule has 6 aliphatic rings. The number of rotatable bonds is 16. The summed E-state index contributed by atoms with van der Waals surface area (Å²) in [7, 11) is 16.8. The highest BCUT2D eigenvalue weighted by Crippen LogP contribution is 2.52. The summed E-state index contributed by atoms with van der Waals surface area (Å²) in [6, 6.07) is 40.9. The van der Waals surface area contributed by atoms with Crippen molar-refractivity contribution in [1.82, 2.24) is 80.0 Å². The van der Waals surface area contributed by atoms with E-state index >= 15 is 0 Å². The van der Waals surface area contributed by atoms with Gasteiger partial charge in [-0.05, 0) is 284 Å². The number of carbonyl (C=O) groups excluding carboxylic acids is 9. The van der Waals surface area contributed by atoms with Crippen molar-refractivity contribution in [2.45, 2.75) is 231 Å². The van der Waals surface area contributed by atoms with E-state index in [9.17, 15) is 48.3 Å². The van der Waals surface area contributed by atoms with E-state index in [1.165, 1.54) is 50.0 Å². The maximum absolute atomic E-state index is 12.8. The Hall–Kier alpha value is -13.0. The van der Waals surface area contributed by atoms with E-state index in [4.69, 9.17) is 35.3 Å². The highest BCUT2D eigenvalue weighted by molar-refractivity contribution is 6.21. The molecular weight excluding hydrogens is 1870 g/mol. The van der Waals surface area contributed by atoms with Gasteiger partial charge in [0, 0.05) is 122 Å². The average molecular weight is 2020 g/mol. The van der Waals surface area contributed by atoms with Gasteiger partial charge in [0.25, 0.3) is 0 Å². The van der Waals surface area contributed by atoms with Crippen LogP contribution in [-0.2, 0) is 106 Å². The third-order valence-corrected chi connectivity index (χ3v) is 30.2. The molecule has 2 N–H and O–H groups in total. The van der Waals surface area contributed by atoms with Crippen molar-refractivity contribution in [3.8, 4) is 0 Å². The number of aliphatic hydroxyl groups excluding tert-OH is 1. The maximum Gasteiger partial charge on any atom is 0.410 e. The minimum absolute atomic E-state index is 0. The molecule has 2 fully saturated rings. The number of ketones is 2. The van der Waals surface area contributed by atoms with Gasteiger partial charge in [-0.25, -0.2) is 23.5 Å². The second-order valence-electron chi connectivity index (χ2n) is 44.5. The second kappa shape index (κ2) is 44.0. The highest BCUT2D eigenvalue weighted by Gasteiger charge is 2.48. The number of esters is 4. The Bertz CT molecular complexity index is 6630. The summed E-state index contributed by atoms with van der Waals surface area (Å²) >= 11 is 6.57. The van der Waals surface area contributed by atoms with Gasteiger partial charge in [0.15, 0.2) is 11.6 Å². The first-order valence-electron chi connectivity index (χ1n) is 49.6. The lowest BCUT2D eigenvalue weighted by Crippen LogP contribution is -2.42. The molecular formula is C114H147ClN16O15. The summed E-state index contributed by atoms with van der Waals surface area (Å²) in [6.45, 7) is 40.7. The number of aliphatic hydroxyl groups is 1. The molecule has 3 amide bonds. The van der Waals surface area contributed by atoms with Gasteiger partial charge in [-0.2, -0.15) is 0 Å². The fourth-order valence-corrected chi connectivity index (χ4v) is 22.3. The van der Waals surface area contributed by atoms with Crippen molar-refractivity contribution in [3.63, 3.8) is 0 Å². The number of fused-ring (bicyclic) bond motifs is 8. The molecule has 6 unspecified atom stereocenters. The molecule has 146 heavy (non-hydrogen) atoms. The van der Waals surface area contributed by atoms with Crippen molar-refractivity contribution in [2.24, 2.45) is 60.7 Å². The van der Waals surface area contributed by atoms with Gasteiger partial charge in [-0.1, -0.05) is 141 Å². The summed E-state index contributed by atoms with van der Waals surface area (Å²) in [5.74, 6) is -1.68. The monoisotopic (exact) mass is 2020 g/mol. The standard InChI is InChI=1S/C23H26ClN3O2.C23H27N3O3.2C23H25N3O3.C13H24N2O3.C8H16N2O.CH4/c1-13-16(9-11-19-21(13)25-26-27(19)4)20(23(2,3)22(28)29-5)15-7-6-14-8-10-18(24)17(14)12-15;3*1-13-16(9-10-18-21(13)24-25-26(18)4)20(23(2,3)22(28)29-5)15-7-6-14-8-11-19(27)17(14)12-15;1-12(2,3)18-11(17)15-7-10(16)14(6)8-13(4,5)9-15;1-8(2)5-9-4-7(11)10(3)6-8;/h6-7,9,11-12,18,20H,8,10H2,1-5H3;6-7,9-10,12,19-20,27H,8,11H2,1-5H3;2*6-7,9-10,12,20H,8,11H2,1-5H3;7-9H2,1-6H3;9H,4-6H2,1-3H3;1H4. The topological polar surface area (TPSA) is 365 Å². The van der Waals surface area contributed by atoms with Gasteiger partial charge in [0.2, 0.25) is 11.8 Å². The Balaban J connectivity index is 0.000000159.